The molecule has 6 nitrogen and oxygen atoms in total. The highest BCUT2D eigenvalue weighted by molar-refractivity contribution is 7.15. The zero-order chi connectivity index (χ0) is 31.8. The number of thiazole rings is 1. The third-order valence-corrected chi connectivity index (χ3v) is 8.29. The predicted octanol–water partition coefficient (Wildman–Crippen LogP) is 8.56. The van der Waals surface area contributed by atoms with Crippen molar-refractivity contribution in [3.63, 3.8) is 0 Å². The van der Waals surface area contributed by atoms with Crippen LogP contribution in [0.3, 0.4) is 0 Å². The molecule has 1 aromatic rings. The molecular weight excluding hydrogens is 565 g/mol. The molecule has 0 saturated heterocycles. The molecule has 0 spiro atoms. The second kappa shape index (κ2) is 23.4. The van der Waals surface area contributed by atoms with Gasteiger partial charge in [-0.1, -0.05) is 101 Å². The largest absolute Gasteiger partial charge is 0.344 e. The number of amides is 2. The second-order valence-corrected chi connectivity index (χ2v) is 12.6. The standard InChI is InChI=1S/C37H56N4O2S/c1-5-7-8-9-10-11-12-13-14-15-16-17-18-19-20-21-22-23-24-25-34(42)40-35(30(3)4)36(43)41-37-39-32-27-26-31(38-28-6-2)29-33(32)44-37/h7-8,10-11,13-14,16-17,19-20,22-23,30-31,35,38H,5-6,9,12,15,18,21,24-29H2,1-4H3,(H,40,42)(H,39,41,43)/t31-,35+/m1/s1. The fraction of sp³-hybridized carbons (Fsp3) is 0.541. The molecule has 2 atom stereocenters. The lowest BCUT2D eigenvalue weighted by molar-refractivity contribution is -0.127. The van der Waals surface area contributed by atoms with Crippen LogP contribution in [0.25, 0.3) is 0 Å². The molecule has 0 bridgehead atoms. The molecule has 0 radical (unpaired) electrons. The van der Waals surface area contributed by atoms with Gasteiger partial charge in [0.05, 0.1) is 5.69 Å². The Hall–Kier alpha value is -3.03. The van der Waals surface area contributed by atoms with E-state index in [1.807, 2.05) is 19.9 Å². The molecule has 1 aromatic heterocycles. The van der Waals surface area contributed by atoms with Gasteiger partial charge >= 0.3 is 0 Å². The summed E-state index contributed by atoms with van der Waals surface area (Å²) in [5.74, 6) is -0.335. The predicted molar refractivity (Wildman–Crippen MR) is 189 cm³/mol. The minimum atomic E-state index is -0.590. The number of hydrogen-bond donors (Lipinski definition) is 3. The van der Waals surface area contributed by atoms with Gasteiger partial charge in [-0.25, -0.2) is 4.98 Å². The molecule has 0 saturated carbocycles. The summed E-state index contributed by atoms with van der Waals surface area (Å²) in [5, 5.41) is 10.1. The maximum atomic E-state index is 13.1. The zero-order valence-electron chi connectivity index (χ0n) is 27.5. The first-order valence-electron chi connectivity index (χ1n) is 16.7. The lowest BCUT2D eigenvalue weighted by atomic mass is 9.98. The van der Waals surface area contributed by atoms with Crippen LogP contribution in [0.2, 0.25) is 0 Å². The Labute approximate surface area is 271 Å². The SMILES string of the molecule is CCC=CCC=CCC=CCC=CCC=CCC=CCCC(=O)N[C@H](C(=O)Nc1nc2c(s1)C[C@H](NCCC)CC2)C(C)C. The summed E-state index contributed by atoms with van der Waals surface area (Å²) in [6.45, 7) is 9.26. The van der Waals surface area contributed by atoms with Crippen LogP contribution in [0.1, 0.15) is 102 Å². The van der Waals surface area contributed by atoms with Gasteiger partial charge in [-0.15, -0.1) is 11.3 Å². The van der Waals surface area contributed by atoms with Gasteiger partial charge in [-0.3, -0.25) is 9.59 Å². The summed E-state index contributed by atoms with van der Waals surface area (Å²) in [6.07, 6.45) is 37.0. The van der Waals surface area contributed by atoms with Gasteiger partial charge in [0.25, 0.3) is 0 Å². The number of hydrogen-bond acceptors (Lipinski definition) is 5. The van der Waals surface area contributed by atoms with E-state index < -0.39 is 6.04 Å². The Morgan fingerprint density at radius 1 is 0.864 bits per heavy atom. The molecule has 2 rings (SSSR count). The fourth-order valence-electron chi connectivity index (χ4n) is 4.77. The van der Waals surface area contributed by atoms with Crippen LogP contribution in [0.5, 0.6) is 0 Å². The van der Waals surface area contributed by atoms with Crippen molar-refractivity contribution in [1.29, 1.82) is 0 Å². The first kappa shape index (κ1) is 37.2. The topological polar surface area (TPSA) is 83.1 Å². The van der Waals surface area contributed by atoms with Gasteiger partial charge in [-0.2, -0.15) is 0 Å². The quantitative estimate of drug-likeness (QED) is 0.120. The van der Waals surface area contributed by atoms with E-state index in [1.54, 1.807) is 11.3 Å². The minimum Gasteiger partial charge on any atom is -0.344 e. The molecule has 44 heavy (non-hydrogen) atoms. The lowest BCUT2D eigenvalue weighted by Crippen LogP contribution is -2.47. The lowest BCUT2D eigenvalue weighted by Gasteiger charge is -2.21. The Bertz CT molecular complexity index is 1140. The van der Waals surface area contributed by atoms with Crippen molar-refractivity contribution in [1.82, 2.24) is 15.6 Å². The normalized spacial score (nSPS) is 16.4. The van der Waals surface area contributed by atoms with Crippen LogP contribution in [0, 0.1) is 5.92 Å². The van der Waals surface area contributed by atoms with Crippen molar-refractivity contribution in [2.45, 2.75) is 117 Å². The molecule has 1 aliphatic rings. The number of allylic oxidation sites excluding steroid dienone is 12. The molecule has 1 heterocycles. The van der Waals surface area contributed by atoms with Gasteiger partial charge < -0.3 is 16.0 Å². The molecule has 242 valence electrons. The number of rotatable bonds is 21. The molecule has 3 N–H and O–H groups in total. The highest BCUT2D eigenvalue weighted by Crippen LogP contribution is 2.30. The number of fused-ring (bicyclic) bond motifs is 1. The average molecular weight is 621 g/mol. The summed E-state index contributed by atoms with van der Waals surface area (Å²) in [5.41, 5.74) is 1.10. The van der Waals surface area contributed by atoms with E-state index in [1.165, 1.54) is 4.88 Å². The van der Waals surface area contributed by atoms with Gasteiger partial charge in [0.1, 0.15) is 6.04 Å². The second-order valence-electron chi connectivity index (χ2n) is 11.5. The van der Waals surface area contributed by atoms with Crippen LogP contribution >= 0.6 is 11.3 Å². The third-order valence-electron chi connectivity index (χ3n) is 7.25. The van der Waals surface area contributed by atoms with Crippen molar-refractivity contribution in [2.75, 3.05) is 11.9 Å². The molecule has 0 fully saturated rings. The third kappa shape index (κ3) is 16.2. The number of anilines is 1. The maximum Gasteiger partial charge on any atom is 0.248 e. The average Bonchev–Trinajstić information content (AvgIpc) is 3.41. The minimum absolute atomic E-state index is 0.0259. The van der Waals surface area contributed by atoms with Crippen molar-refractivity contribution >= 4 is 28.3 Å². The highest BCUT2D eigenvalue weighted by Gasteiger charge is 2.27. The van der Waals surface area contributed by atoms with Crippen LogP contribution in [-0.2, 0) is 22.4 Å². The number of carbonyl (C=O) groups excluding carboxylic acids is 2. The van der Waals surface area contributed by atoms with Crippen molar-refractivity contribution in [3.05, 3.63) is 83.5 Å². The fourth-order valence-corrected chi connectivity index (χ4v) is 5.86. The van der Waals surface area contributed by atoms with E-state index in [9.17, 15) is 9.59 Å². The van der Waals surface area contributed by atoms with Crippen molar-refractivity contribution in [3.8, 4) is 0 Å². The van der Waals surface area contributed by atoms with Crippen molar-refractivity contribution < 1.29 is 9.59 Å². The van der Waals surface area contributed by atoms with Crippen LogP contribution in [0.4, 0.5) is 5.13 Å². The van der Waals surface area contributed by atoms with E-state index in [-0.39, 0.29) is 17.7 Å². The first-order valence-corrected chi connectivity index (χ1v) is 17.5. The number of nitrogens with one attached hydrogen (secondary N) is 3. The Morgan fingerprint density at radius 2 is 1.43 bits per heavy atom. The van der Waals surface area contributed by atoms with Crippen LogP contribution < -0.4 is 16.0 Å². The summed E-state index contributed by atoms with van der Waals surface area (Å²) < 4.78 is 0. The maximum absolute atomic E-state index is 13.1. The monoisotopic (exact) mass is 620 g/mol. The van der Waals surface area contributed by atoms with Crippen molar-refractivity contribution in [2.24, 2.45) is 5.92 Å². The molecule has 0 aromatic carbocycles. The number of nitrogens with zero attached hydrogens (tertiary/aromatic N) is 1. The summed E-state index contributed by atoms with van der Waals surface area (Å²) in [7, 11) is 0. The van der Waals surface area contributed by atoms with Gasteiger partial charge in [0, 0.05) is 17.3 Å². The zero-order valence-corrected chi connectivity index (χ0v) is 28.3. The Morgan fingerprint density at radius 3 is 1.98 bits per heavy atom. The smallest absolute Gasteiger partial charge is 0.248 e. The first-order chi connectivity index (χ1) is 21.4. The highest BCUT2D eigenvalue weighted by atomic mass is 32.1. The van der Waals surface area contributed by atoms with Gasteiger partial charge in [0.2, 0.25) is 11.8 Å². The molecule has 0 unspecified atom stereocenters. The van der Waals surface area contributed by atoms with Gasteiger partial charge in [0.15, 0.2) is 5.13 Å². The van der Waals surface area contributed by atoms with Gasteiger partial charge in [-0.05, 0) is 83.1 Å². The Kier molecular flexibility index (Phi) is 19.7. The van der Waals surface area contributed by atoms with E-state index in [2.05, 4.69) is 102 Å². The number of aryl methyl sites for hydroxylation is 1. The molecule has 1 aliphatic carbocycles. The van der Waals surface area contributed by atoms with E-state index >= 15 is 0 Å². The van der Waals surface area contributed by atoms with E-state index in [0.29, 0.717) is 24.0 Å². The Balaban J connectivity index is 1.61. The molecule has 2 amide bonds. The molecular formula is C37H56N4O2S. The molecule has 7 heteroatoms. The van der Waals surface area contributed by atoms with Crippen LogP contribution in [0.15, 0.2) is 72.9 Å². The van der Waals surface area contributed by atoms with E-state index in [0.717, 1.165) is 76.4 Å². The summed E-state index contributed by atoms with van der Waals surface area (Å²) in [6, 6.07) is -0.108. The molecule has 0 aliphatic heterocycles. The van der Waals surface area contributed by atoms with Crippen LogP contribution in [-0.4, -0.2) is 35.4 Å². The van der Waals surface area contributed by atoms with E-state index in [4.69, 9.17) is 0 Å². The summed E-state index contributed by atoms with van der Waals surface area (Å²) >= 11 is 1.56. The number of aromatic nitrogens is 1. The summed E-state index contributed by atoms with van der Waals surface area (Å²) in [4.78, 5) is 31.6. The number of carbonyl (C=O) groups is 2.